The lowest BCUT2D eigenvalue weighted by molar-refractivity contribution is 0.249. The van der Waals surface area contributed by atoms with Crippen LogP contribution in [0.25, 0.3) is 0 Å². The Balaban J connectivity index is 1.61. The van der Waals surface area contributed by atoms with Crippen molar-refractivity contribution >= 4 is 23.2 Å². The lowest BCUT2D eigenvalue weighted by atomic mass is 10.00. The van der Waals surface area contributed by atoms with Crippen LogP contribution in [-0.2, 0) is 13.0 Å². The molecule has 2 aliphatic rings. The van der Waals surface area contributed by atoms with Crippen LogP contribution in [0.5, 0.6) is 0 Å². The molecule has 144 valence electrons. The van der Waals surface area contributed by atoms with E-state index in [1.165, 1.54) is 11.1 Å². The summed E-state index contributed by atoms with van der Waals surface area (Å²) in [4.78, 5) is 11.9. The number of hydrogen-bond acceptors (Lipinski definition) is 5. The predicted molar refractivity (Wildman–Crippen MR) is 110 cm³/mol. The zero-order valence-electron chi connectivity index (χ0n) is 16.0. The van der Waals surface area contributed by atoms with E-state index in [0.29, 0.717) is 11.8 Å². The first kappa shape index (κ1) is 18.5. The number of fused-ring (bicyclic) bond motifs is 1. The maximum Gasteiger partial charge on any atom is 0.136 e. The highest BCUT2D eigenvalue weighted by molar-refractivity contribution is 6.30. The number of nitrogens with one attached hydrogen (secondary N) is 1. The summed E-state index contributed by atoms with van der Waals surface area (Å²) in [5.74, 6) is 3.52. The summed E-state index contributed by atoms with van der Waals surface area (Å²) in [7, 11) is 0. The van der Waals surface area contributed by atoms with Crippen LogP contribution in [0.2, 0.25) is 5.02 Å². The average molecular weight is 387 g/mol. The molecule has 1 aromatic carbocycles. The summed E-state index contributed by atoms with van der Waals surface area (Å²) >= 11 is 6.14. The number of anilines is 2. The molecule has 6 heteroatoms. The number of halogens is 1. The number of aliphatic hydroxyl groups excluding tert-OH is 1. The van der Waals surface area contributed by atoms with Crippen LogP contribution in [0.15, 0.2) is 24.3 Å². The van der Waals surface area contributed by atoms with E-state index in [2.05, 4.69) is 36.2 Å². The van der Waals surface area contributed by atoms with E-state index in [9.17, 15) is 5.11 Å². The molecule has 2 N–H and O–H groups in total. The van der Waals surface area contributed by atoms with Gasteiger partial charge in [-0.25, -0.2) is 9.97 Å². The average Bonchev–Trinajstić information content (AvgIpc) is 3.50. The van der Waals surface area contributed by atoms with Crippen molar-refractivity contribution in [3.8, 4) is 0 Å². The molecule has 1 aliphatic carbocycles. The first-order chi connectivity index (χ1) is 13.0. The smallest absolute Gasteiger partial charge is 0.136 e. The molecule has 0 saturated heterocycles. The standard InChI is InChI=1S/C21H27ClN4O/c1-13(2)18(12-27)23-19-10-20(25-21(24-19)14-3-4-14)26-8-7-15-9-17(22)6-5-16(15)11-26/h5-6,9-10,13-14,18,27H,3-4,7-8,11-12H2,1-2H3,(H,23,24,25)/t18-/m0/s1. The second kappa shape index (κ2) is 7.64. The van der Waals surface area contributed by atoms with Crippen LogP contribution in [0, 0.1) is 5.92 Å². The molecule has 2 heterocycles. The number of nitrogens with zero attached hydrogens (tertiary/aromatic N) is 3. The second-order valence-electron chi connectivity index (χ2n) is 8.01. The lowest BCUT2D eigenvalue weighted by Crippen LogP contribution is -2.32. The fourth-order valence-electron chi connectivity index (χ4n) is 3.54. The largest absolute Gasteiger partial charge is 0.394 e. The summed E-state index contributed by atoms with van der Waals surface area (Å²) in [5, 5.41) is 13.9. The minimum Gasteiger partial charge on any atom is -0.394 e. The molecular formula is C21H27ClN4O. The Kier molecular flexibility index (Phi) is 5.24. The monoisotopic (exact) mass is 386 g/mol. The zero-order chi connectivity index (χ0) is 19.0. The van der Waals surface area contributed by atoms with E-state index in [4.69, 9.17) is 21.6 Å². The summed E-state index contributed by atoms with van der Waals surface area (Å²) < 4.78 is 0. The highest BCUT2D eigenvalue weighted by Gasteiger charge is 2.29. The van der Waals surface area contributed by atoms with Gasteiger partial charge in [-0.2, -0.15) is 0 Å². The van der Waals surface area contributed by atoms with Crippen molar-refractivity contribution in [2.45, 2.75) is 51.6 Å². The van der Waals surface area contributed by atoms with E-state index in [1.807, 2.05) is 12.1 Å². The summed E-state index contributed by atoms with van der Waals surface area (Å²) in [6, 6.07) is 8.17. The molecule has 0 bridgehead atoms. The third-order valence-corrected chi connectivity index (χ3v) is 5.75. The fourth-order valence-corrected chi connectivity index (χ4v) is 3.74. The molecule has 27 heavy (non-hydrogen) atoms. The van der Waals surface area contributed by atoms with Crippen molar-refractivity contribution in [3.63, 3.8) is 0 Å². The molecule has 0 radical (unpaired) electrons. The first-order valence-corrected chi connectivity index (χ1v) is 10.2. The molecular weight excluding hydrogens is 360 g/mol. The van der Waals surface area contributed by atoms with Gasteiger partial charge in [0.25, 0.3) is 0 Å². The van der Waals surface area contributed by atoms with E-state index in [-0.39, 0.29) is 12.6 Å². The predicted octanol–water partition coefficient (Wildman–Crippen LogP) is 4.00. The van der Waals surface area contributed by atoms with Crippen LogP contribution >= 0.6 is 11.6 Å². The maximum absolute atomic E-state index is 9.67. The van der Waals surface area contributed by atoms with Crippen molar-refractivity contribution in [1.82, 2.24) is 9.97 Å². The van der Waals surface area contributed by atoms with Crippen LogP contribution in [0.4, 0.5) is 11.6 Å². The quantitative estimate of drug-likeness (QED) is 0.785. The van der Waals surface area contributed by atoms with Gasteiger partial charge in [0.1, 0.15) is 17.5 Å². The Hall–Kier alpha value is -1.85. The summed E-state index contributed by atoms with van der Waals surface area (Å²) in [5.41, 5.74) is 2.64. The van der Waals surface area contributed by atoms with Crippen molar-refractivity contribution in [3.05, 3.63) is 46.2 Å². The number of benzene rings is 1. The molecule has 1 aliphatic heterocycles. The van der Waals surface area contributed by atoms with Gasteiger partial charge in [-0.05, 0) is 48.4 Å². The molecule has 2 aromatic rings. The van der Waals surface area contributed by atoms with Gasteiger partial charge in [-0.1, -0.05) is 31.5 Å². The highest BCUT2D eigenvalue weighted by atomic mass is 35.5. The normalized spacial score (nSPS) is 17.7. The summed E-state index contributed by atoms with van der Waals surface area (Å²) in [6.45, 7) is 6.05. The molecule has 4 rings (SSSR count). The third kappa shape index (κ3) is 4.19. The Bertz CT molecular complexity index is 822. The molecule has 1 aromatic heterocycles. The Morgan fingerprint density at radius 2 is 2.04 bits per heavy atom. The number of rotatable bonds is 6. The first-order valence-electron chi connectivity index (χ1n) is 9.82. The van der Waals surface area contributed by atoms with Crippen LogP contribution in [0.3, 0.4) is 0 Å². The van der Waals surface area contributed by atoms with E-state index < -0.39 is 0 Å². The SMILES string of the molecule is CC(C)[C@H](CO)Nc1cc(N2CCc3cc(Cl)ccc3C2)nc(C2CC2)n1. The van der Waals surface area contributed by atoms with Gasteiger partial charge in [0.2, 0.25) is 0 Å². The van der Waals surface area contributed by atoms with Crippen molar-refractivity contribution < 1.29 is 5.11 Å². The molecule has 0 amide bonds. The lowest BCUT2D eigenvalue weighted by Gasteiger charge is -2.30. The minimum atomic E-state index is -0.0102. The number of aromatic nitrogens is 2. The molecule has 1 atom stereocenters. The fraction of sp³-hybridized carbons (Fsp3) is 0.524. The summed E-state index contributed by atoms with van der Waals surface area (Å²) in [6.07, 6.45) is 3.29. The van der Waals surface area contributed by atoms with Gasteiger partial charge >= 0.3 is 0 Å². The van der Waals surface area contributed by atoms with Gasteiger partial charge < -0.3 is 15.3 Å². The number of aliphatic hydroxyl groups is 1. The third-order valence-electron chi connectivity index (χ3n) is 5.51. The van der Waals surface area contributed by atoms with Crippen molar-refractivity contribution in [1.29, 1.82) is 0 Å². The molecule has 1 saturated carbocycles. The van der Waals surface area contributed by atoms with E-state index >= 15 is 0 Å². The Morgan fingerprint density at radius 3 is 2.74 bits per heavy atom. The van der Waals surface area contributed by atoms with Gasteiger partial charge in [0.15, 0.2) is 0 Å². The van der Waals surface area contributed by atoms with Crippen molar-refractivity contribution in [2.75, 3.05) is 23.4 Å². The molecule has 0 unspecified atom stereocenters. The number of hydrogen-bond donors (Lipinski definition) is 2. The maximum atomic E-state index is 9.67. The minimum absolute atomic E-state index is 0.0102. The van der Waals surface area contributed by atoms with Crippen molar-refractivity contribution in [2.24, 2.45) is 5.92 Å². The van der Waals surface area contributed by atoms with Gasteiger partial charge in [-0.3, -0.25) is 0 Å². The molecule has 0 spiro atoms. The van der Waals surface area contributed by atoms with Crippen LogP contribution < -0.4 is 10.2 Å². The highest BCUT2D eigenvalue weighted by Crippen LogP contribution is 2.39. The van der Waals surface area contributed by atoms with Crippen LogP contribution in [0.1, 0.15) is 49.6 Å². The Labute approximate surface area is 165 Å². The second-order valence-corrected chi connectivity index (χ2v) is 8.44. The van der Waals surface area contributed by atoms with Gasteiger partial charge in [0, 0.05) is 30.1 Å². The topological polar surface area (TPSA) is 61.3 Å². The van der Waals surface area contributed by atoms with Gasteiger partial charge in [-0.15, -0.1) is 0 Å². The van der Waals surface area contributed by atoms with Gasteiger partial charge in [0.05, 0.1) is 12.6 Å². The Morgan fingerprint density at radius 1 is 1.22 bits per heavy atom. The van der Waals surface area contributed by atoms with E-state index in [1.54, 1.807) is 0 Å². The molecule has 5 nitrogen and oxygen atoms in total. The molecule has 1 fully saturated rings. The van der Waals surface area contributed by atoms with Crippen LogP contribution in [-0.4, -0.2) is 34.3 Å². The zero-order valence-corrected chi connectivity index (χ0v) is 16.7. The van der Waals surface area contributed by atoms with E-state index in [0.717, 1.165) is 54.8 Å².